The normalized spacial score (nSPS) is 25.4. The SMILES string of the molecule is CC(=O)c1ccc(-c2nc(C3C(=O)[C@H]4CC[C@@H](C4)C3=O)c(C)s2)cc1. The van der Waals surface area contributed by atoms with Crippen LogP contribution < -0.4 is 0 Å². The Morgan fingerprint density at radius 1 is 1.08 bits per heavy atom. The van der Waals surface area contributed by atoms with E-state index >= 15 is 0 Å². The van der Waals surface area contributed by atoms with Crippen molar-refractivity contribution in [2.45, 2.75) is 39.0 Å². The summed E-state index contributed by atoms with van der Waals surface area (Å²) in [6.45, 7) is 3.47. The number of aryl methyl sites for hydroxylation is 1. The van der Waals surface area contributed by atoms with Crippen LogP contribution in [0, 0.1) is 18.8 Å². The third kappa shape index (κ3) is 2.67. The predicted octanol–water partition coefficient (Wildman–Crippen LogP) is 3.97. The second-order valence-corrected chi connectivity index (χ2v) is 8.24. The lowest BCUT2D eigenvalue weighted by Gasteiger charge is -2.24. The highest BCUT2D eigenvalue weighted by molar-refractivity contribution is 7.15. The van der Waals surface area contributed by atoms with E-state index in [0.717, 1.165) is 34.7 Å². The fourth-order valence-electron chi connectivity index (χ4n) is 4.03. The van der Waals surface area contributed by atoms with E-state index in [1.807, 2.05) is 19.1 Å². The quantitative estimate of drug-likeness (QED) is 0.618. The number of aromatic nitrogens is 1. The number of fused-ring (bicyclic) bond motifs is 2. The molecule has 0 amide bonds. The topological polar surface area (TPSA) is 64.1 Å². The second kappa shape index (κ2) is 5.99. The van der Waals surface area contributed by atoms with Gasteiger partial charge in [0.05, 0.1) is 5.69 Å². The van der Waals surface area contributed by atoms with Crippen molar-refractivity contribution in [1.29, 1.82) is 0 Å². The molecule has 2 aromatic rings. The third-order valence-corrected chi connectivity index (χ3v) is 6.49. The molecule has 1 aromatic heterocycles. The first-order chi connectivity index (χ1) is 12.0. The lowest BCUT2D eigenvalue weighted by molar-refractivity contribution is -0.136. The number of Topliss-reactive ketones (excluding diaryl/α,β-unsaturated/α-hetero) is 3. The van der Waals surface area contributed by atoms with Gasteiger partial charge in [0.25, 0.3) is 0 Å². The van der Waals surface area contributed by atoms with Gasteiger partial charge < -0.3 is 0 Å². The molecular weight excluding hydrogens is 334 g/mol. The van der Waals surface area contributed by atoms with Gasteiger partial charge in [-0.3, -0.25) is 14.4 Å². The minimum atomic E-state index is -0.673. The van der Waals surface area contributed by atoms with Crippen molar-refractivity contribution in [2.24, 2.45) is 11.8 Å². The Hall–Kier alpha value is -2.14. The second-order valence-electron chi connectivity index (χ2n) is 7.04. The Labute approximate surface area is 150 Å². The zero-order valence-electron chi connectivity index (χ0n) is 14.2. The summed E-state index contributed by atoms with van der Waals surface area (Å²) < 4.78 is 0. The molecule has 5 heteroatoms. The highest BCUT2D eigenvalue weighted by Crippen LogP contribution is 2.45. The first-order valence-corrected chi connectivity index (χ1v) is 9.43. The van der Waals surface area contributed by atoms with Crippen molar-refractivity contribution in [1.82, 2.24) is 4.98 Å². The lowest BCUT2D eigenvalue weighted by Crippen LogP contribution is -2.35. The molecule has 2 aliphatic rings. The summed E-state index contributed by atoms with van der Waals surface area (Å²) in [5, 5.41) is 0.793. The molecule has 25 heavy (non-hydrogen) atoms. The molecule has 0 saturated heterocycles. The minimum absolute atomic E-state index is 0.0245. The molecule has 2 aliphatic carbocycles. The highest BCUT2D eigenvalue weighted by Gasteiger charge is 2.48. The summed E-state index contributed by atoms with van der Waals surface area (Å²) in [6.07, 6.45) is 2.42. The van der Waals surface area contributed by atoms with Crippen molar-refractivity contribution >= 4 is 28.7 Å². The first kappa shape index (κ1) is 16.3. The van der Waals surface area contributed by atoms with Gasteiger partial charge in [-0.1, -0.05) is 24.3 Å². The van der Waals surface area contributed by atoms with Gasteiger partial charge in [-0.25, -0.2) is 4.98 Å². The van der Waals surface area contributed by atoms with E-state index in [-0.39, 0.29) is 29.2 Å². The number of thiazole rings is 1. The van der Waals surface area contributed by atoms with Crippen LogP contribution in [-0.4, -0.2) is 22.3 Å². The van der Waals surface area contributed by atoms with Crippen LogP contribution in [0.25, 0.3) is 10.6 Å². The number of carbonyl (C=O) groups excluding carboxylic acids is 3. The smallest absolute Gasteiger partial charge is 0.159 e. The van der Waals surface area contributed by atoms with Crippen molar-refractivity contribution in [2.75, 3.05) is 0 Å². The average Bonchev–Trinajstić information content (AvgIpc) is 3.20. The largest absolute Gasteiger partial charge is 0.298 e. The molecule has 128 valence electrons. The molecule has 4 nitrogen and oxygen atoms in total. The van der Waals surface area contributed by atoms with Crippen LogP contribution in [0.15, 0.2) is 24.3 Å². The summed E-state index contributed by atoms with van der Waals surface area (Å²) in [4.78, 5) is 42.4. The number of ketones is 3. The third-order valence-electron chi connectivity index (χ3n) is 5.45. The average molecular weight is 353 g/mol. The van der Waals surface area contributed by atoms with Crippen molar-refractivity contribution in [3.05, 3.63) is 40.4 Å². The Bertz CT molecular complexity index is 859. The maximum Gasteiger partial charge on any atom is 0.159 e. The van der Waals surface area contributed by atoms with Crippen molar-refractivity contribution in [3.63, 3.8) is 0 Å². The van der Waals surface area contributed by atoms with E-state index in [1.165, 1.54) is 18.3 Å². The Morgan fingerprint density at radius 3 is 2.24 bits per heavy atom. The molecule has 2 fully saturated rings. The Kier molecular flexibility index (Phi) is 3.91. The molecule has 0 radical (unpaired) electrons. The van der Waals surface area contributed by atoms with E-state index in [0.29, 0.717) is 11.3 Å². The van der Waals surface area contributed by atoms with Crippen LogP contribution >= 0.6 is 11.3 Å². The number of hydrogen-bond donors (Lipinski definition) is 0. The van der Waals surface area contributed by atoms with Gasteiger partial charge in [0.2, 0.25) is 0 Å². The first-order valence-electron chi connectivity index (χ1n) is 8.62. The monoisotopic (exact) mass is 353 g/mol. The van der Waals surface area contributed by atoms with Gasteiger partial charge in [-0.15, -0.1) is 11.3 Å². The Balaban J connectivity index is 1.70. The lowest BCUT2D eigenvalue weighted by atomic mass is 9.77. The number of rotatable bonds is 3. The van der Waals surface area contributed by atoms with Crippen LogP contribution in [0.5, 0.6) is 0 Å². The van der Waals surface area contributed by atoms with Crippen LogP contribution in [0.3, 0.4) is 0 Å². The maximum atomic E-state index is 12.7. The molecule has 4 rings (SSSR count). The fraction of sp³-hybridized carbons (Fsp3) is 0.400. The van der Waals surface area contributed by atoms with Crippen molar-refractivity contribution < 1.29 is 14.4 Å². The number of carbonyl (C=O) groups is 3. The Morgan fingerprint density at radius 2 is 1.68 bits per heavy atom. The molecule has 1 heterocycles. The molecule has 0 aliphatic heterocycles. The van der Waals surface area contributed by atoms with Crippen molar-refractivity contribution in [3.8, 4) is 10.6 Å². The number of hydrogen-bond acceptors (Lipinski definition) is 5. The summed E-state index contributed by atoms with van der Waals surface area (Å²) in [5.41, 5.74) is 2.21. The van der Waals surface area contributed by atoms with E-state index in [2.05, 4.69) is 4.98 Å². The maximum absolute atomic E-state index is 12.7. The van der Waals surface area contributed by atoms with Gasteiger partial charge >= 0.3 is 0 Å². The number of benzene rings is 1. The fourth-order valence-corrected chi connectivity index (χ4v) is 4.98. The van der Waals surface area contributed by atoms with Gasteiger partial charge in [0.15, 0.2) is 17.3 Å². The van der Waals surface area contributed by atoms with Gasteiger partial charge in [-0.05, 0) is 33.1 Å². The van der Waals surface area contributed by atoms with Crippen LogP contribution in [0.2, 0.25) is 0 Å². The molecule has 2 saturated carbocycles. The van der Waals surface area contributed by atoms with Crippen LogP contribution in [-0.2, 0) is 9.59 Å². The van der Waals surface area contributed by atoms with Gasteiger partial charge in [0.1, 0.15) is 10.9 Å². The summed E-state index contributed by atoms with van der Waals surface area (Å²) in [6, 6.07) is 7.30. The van der Waals surface area contributed by atoms with Gasteiger partial charge in [0, 0.05) is 27.8 Å². The molecule has 0 N–H and O–H groups in total. The standard InChI is InChI=1S/C20H19NO3S/c1-10(22)12-3-5-13(6-4-12)20-21-17(11(2)25-20)16-18(23)14-7-8-15(9-14)19(16)24/h3-6,14-16H,7-9H2,1-2H3/t14-,15-/m0/s1. The molecule has 0 unspecified atom stereocenters. The van der Waals surface area contributed by atoms with Crippen LogP contribution in [0.4, 0.5) is 0 Å². The molecule has 0 spiro atoms. The zero-order valence-corrected chi connectivity index (χ0v) is 15.1. The molecule has 2 atom stereocenters. The van der Waals surface area contributed by atoms with Crippen LogP contribution in [0.1, 0.15) is 53.0 Å². The van der Waals surface area contributed by atoms with E-state index < -0.39 is 5.92 Å². The predicted molar refractivity (Wildman–Crippen MR) is 95.9 cm³/mol. The van der Waals surface area contributed by atoms with E-state index in [4.69, 9.17) is 0 Å². The summed E-state index contributed by atoms with van der Waals surface area (Å²) in [7, 11) is 0. The van der Waals surface area contributed by atoms with E-state index in [9.17, 15) is 14.4 Å². The molecular formula is C20H19NO3S. The zero-order chi connectivity index (χ0) is 17.7. The highest BCUT2D eigenvalue weighted by atomic mass is 32.1. The molecule has 1 aromatic carbocycles. The minimum Gasteiger partial charge on any atom is -0.298 e. The number of nitrogens with zero attached hydrogens (tertiary/aromatic N) is 1. The summed E-state index contributed by atoms with van der Waals surface area (Å²) >= 11 is 1.50. The van der Waals surface area contributed by atoms with E-state index in [1.54, 1.807) is 12.1 Å². The molecule has 2 bridgehead atoms. The van der Waals surface area contributed by atoms with Gasteiger partial charge in [-0.2, -0.15) is 0 Å². The summed E-state index contributed by atoms with van der Waals surface area (Å²) in [5.74, 6) is -0.459.